The van der Waals surface area contributed by atoms with Gasteiger partial charge in [-0.1, -0.05) is 48.6 Å². The van der Waals surface area contributed by atoms with Crippen molar-refractivity contribution in [3.63, 3.8) is 0 Å². The van der Waals surface area contributed by atoms with E-state index in [-0.39, 0.29) is 5.97 Å². The summed E-state index contributed by atoms with van der Waals surface area (Å²) in [4.78, 5) is 12.5. The minimum absolute atomic E-state index is 0.214. The fourth-order valence-corrected chi connectivity index (χ4v) is 3.02. The fourth-order valence-electron chi connectivity index (χ4n) is 3.02. The third-order valence-corrected chi connectivity index (χ3v) is 4.12. The molecule has 2 aliphatic rings. The molecule has 3 rings (SSSR count). The summed E-state index contributed by atoms with van der Waals surface area (Å²) < 4.78 is 10.6. The second kappa shape index (κ2) is 5.25. The number of rotatable bonds is 2. The lowest BCUT2D eigenvalue weighted by Gasteiger charge is -2.27. The maximum Gasteiger partial charge on any atom is 0.320 e. The van der Waals surface area contributed by atoms with E-state index >= 15 is 0 Å². The van der Waals surface area contributed by atoms with E-state index < -0.39 is 5.41 Å². The van der Waals surface area contributed by atoms with E-state index in [0.29, 0.717) is 25.6 Å². The van der Waals surface area contributed by atoms with E-state index in [1.165, 1.54) is 12.7 Å². The van der Waals surface area contributed by atoms with Crippen LogP contribution in [-0.2, 0) is 19.7 Å². The largest absolute Gasteiger partial charge is 0.468 e. The van der Waals surface area contributed by atoms with Crippen LogP contribution in [0.25, 0.3) is 0 Å². The van der Waals surface area contributed by atoms with Crippen molar-refractivity contribution in [2.45, 2.75) is 11.8 Å². The molecular formula is C17H18O3. The average molecular weight is 270 g/mol. The highest BCUT2D eigenvalue weighted by molar-refractivity contribution is 5.86. The number of allylic oxidation sites excluding steroid dienone is 1. The quantitative estimate of drug-likeness (QED) is 0.612. The van der Waals surface area contributed by atoms with Gasteiger partial charge in [-0.25, -0.2) is 0 Å². The Morgan fingerprint density at radius 1 is 1.35 bits per heavy atom. The van der Waals surface area contributed by atoms with E-state index in [0.717, 1.165) is 5.56 Å². The Morgan fingerprint density at radius 2 is 2.15 bits per heavy atom. The van der Waals surface area contributed by atoms with Crippen LogP contribution in [0, 0.1) is 5.92 Å². The van der Waals surface area contributed by atoms with Crippen molar-refractivity contribution in [2.75, 3.05) is 20.3 Å². The van der Waals surface area contributed by atoms with E-state index in [1.54, 1.807) is 0 Å². The van der Waals surface area contributed by atoms with Crippen LogP contribution in [0.1, 0.15) is 12.0 Å². The molecule has 20 heavy (non-hydrogen) atoms. The molecule has 0 radical (unpaired) electrons. The Hall–Kier alpha value is -1.87. The molecule has 1 saturated heterocycles. The number of fused-ring (bicyclic) bond motifs is 1. The Kier molecular flexibility index (Phi) is 3.45. The molecule has 0 amide bonds. The van der Waals surface area contributed by atoms with Crippen LogP contribution in [-0.4, -0.2) is 26.3 Å². The number of carbonyl (C=O) groups is 1. The number of carbonyl (C=O) groups excluding carboxylic acids is 1. The standard InChI is InChI=1S/C17H18O3/c1-19-16(18)17(15-7-3-2-4-8-15)9-5-6-13-11-20-12-14(13)10-17/h2-8,10,13H,9,11-12H2,1H3/t13-,17+/m1/s1. The molecule has 3 nitrogen and oxygen atoms in total. The Labute approximate surface area is 118 Å². The first kappa shape index (κ1) is 13.1. The number of methoxy groups -OCH3 is 1. The normalized spacial score (nSPS) is 28.4. The van der Waals surface area contributed by atoms with E-state index in [9.17, 15) is 4.79 Å². The molecule has 1 aliphatic carbocycles. The Balaban J connectivity index is 2.14. The molecule has 1 aromatic rings. The van der Waals surface area contributed by atoms with Gasteiger partial charge in [-0.3, -0.25) is 4.79 Å². The van der Waals surface area contributed by atoms with E-state index in [4.69, 9.17) is 9.47 Å². The van der Waals surface area contributed by atoms with Gasteiger partial charge in [0.15, 0.2) is 0 Å². The van der Waals surface area contributed by atoms with Crippen LogP contribution in [0.2, 0.25) is 0 Å². The van der Waals surface area contributed by atoms with Gasteiger partial charge in [0.05, 0.1) is 20.3 Å². The van der Waals surface area contributed by atoms with Crippen molar-refractivity contribution in [3.8, 4) is 0 Å². The van der Waals surface area contributed by atoms with Crippen molar-refractivity contribution in [3.05, 3.63) is 59.7 Å². The molecule has 0 saturated carbocycles. The number of hydrogen-bond acceptors (Lipinski definition) is 3. The summed E-state index contributed by atoms with van der Waals surface area (Å²) >= 11 is 0. The number of esters is 1. The zero-order valence-corrected chi connectivity index (χ0v) is 11.5. The summed E-state index contributed by atoms with van der Waals surface area (Å²) in [6, 6.07) is 9.83. The van der Waals surface area contributed by atoms with Gasteiger partial charge in [0.2, 0.25) is 0 Å². The lowest BCUT2D eigenvalue weighted by Crippen LogP contribution is -2.35. The lowest BCUT2D eigenvalue weighted by molar-refractivity contribution is -0.145. The smallest absolute Gasteiger partial charge is 0.320 e. The van der Waals surface area contributed by atoms with Crippen LogP contribution in [0.3, 0.4) is 0 Å². The van der Waals surface area contributed by atoms with E-state index in [2.05, 4.69) is 18.2 Å². The summed E-state index contributed by atoms with van der Waals surface area (Å²) in [5.74, 6) is 0.0821. The van der Waals surface area contributed by atoms with Gasteiger partial charge in [-0.05, 0) is 17.6 Å². The molecular weight excluding hydrogens is 252 g/mol. The predicted octanol–water partition coefficient (Wildman–Crippen LogP) is 2.63. The second-order valence-corrected chi connectivity index (χ2v) is 5.30. The Bertz CT molecular complexity index is 559. The highest BCUT2D eigenvalue weighted by Crippen LogP contribution is 2.38. The summed E-state index contributed by atoms with van der Waals surface area (Å²) in [5.41, 5.74) is 1.41. The number of hydrogen-bond donors (Lipinski definition) is 0. The first-order valence-corrected chi connectivity index (χ1v) is 6.86. The third-order valence-electron chi connectivity index (χ3n) is 4.12. The number of ether oxygens (including phenoxy) is 2. The summed E-state index contributed by atoms with van der Waals surface area (Å²) in [7, 11) is 1.45. The highest BCUT2D eigenvalue weighted by Gasteiger charge is 2.41. The first-order chi connectivity index (χ1) is 9.76. The van der Waals surface area contributed by atoms with Crippen molar-refractivity contribution in [2.24, 2.45) is 5.92 Å². The molecule has 104 valence electrons. The van der Waals surface area contributed by atoms with Crippen molar-refractivity contribution in [1.82, 2.24) is 0 Å². The van der Waals surface area contributed by atoms with Gasteiger partial charge >= 0.3 is 5.97 Å². The van der Waals surface area contributed by atoms with Crippen molar-refractivity contribution in [1.29, 1.82) is 0 Å². The van der Waals surface area contributed by atoms with Crippen LogP contribution in [0.4, 0.5) is 0 Å². The SMILES string of the molecule is COC(=O)[C@]1(c2ccccc2)C=C2COC[C@H]2C=CC1. The van der Waals surface area contributed by atoms with Gasteiger partial charge in [0.25, 0.3) is 0 Å². The van der Waals surface area contributed by atoms with Gasteiger partial charge in [-0.2, -0.15) is 0 Å². The Morgan fingerprint density at radius 3 is 2.90 bits per heavy atom. The molecule has 1 heterocycles. The molecule has 1 aromatic carbocycles. The fraction of sp³-hybridized carbons (Fsp3) is 0.353. The minimum Gasteiger partial charge on any atom is -0.468 e. The van der Waals surface area contributed by atoms with Crippen LogP contribution >= 0.6 is 0 Å². The topological polar surface area (TPSA) is 35.5 Å². The van der Waals surface area contributed by atoms with E-state index in [1.807, 2.05) is 30.3 Å². The van der Waals surface area contributed by atoms with Gasteiger partial charge in [0, 0.05) is 5.92 Å². The zero-order valence-electron chi connectivity index (χ0n) is 11.5. The maximum atomic E-state index is 12.5. The monoisotopic (exact) mass is 270 g/mol. The van der Waals surface area contributed by atoms with Crippen LogP contribution < -0.4 is 0 Å². The number of benzene rings is 1. The molecule has 1 aliphatic heterocycles. The highest BCUT2D eigenvalue weighted by atomic mass is 16.5. The summed E-state index contributed by atoms with van der Waals surface area (Å²) in [6.45, 7) is 1.30. The molecule has 0 N–H and O–H groups in total. The molecule has 2 atom stereocenters. The molecule has 0 unspecified atom stereocenters. The molecule has 0 aromatic heterocycles. The maximum absolute atomic E-state index is 12.5. The van der Waals surface area contributed by atoms with Crippen molar-refractivity contribution >= 4 is 5.97 Å². The van der Waals surface area contributed by atoms with Gasteiger partial charge in [-0.15, -0.1) is 0 Å². The van der Waals surface area contributed by atoms with Gasteiger partial charge < -0.3 is 9.47 Å². The first-order valence-electron chi connectivity index (χ1n) is 6.86. The summed E-state index contributed by atoms with van der Waals surface area (Å²) in [6.07, 6.45) is 6.91. The summed E-state index contributed by atoms with van der Waals surface area (Å²) in [5, 5.41) is 0. The lowest BCUT2D eigenvalue weighted by atomic mass is 9.76. The molecule has 0 bridgehead atoms. The van der Waals surface area contributed by atoms with Crippen LogP contribution in [0.5, 0.6) is 0 Å². The minimum atomic E-state index is -0.732. The predicted molar refractivity (Wildman–Crippen MR) is 76.3 cm³/mol. The molecule has 0 spiro atoms. The van der Waals surface area contributed by atoms with Crippen LogP contribution in [0.15, 0.2) is 54.1 Å². The third kappa shape index (κ3) is 2.08. The second-order valence-electron chi connectivity index (χ2n) is 5.30. The molecule has 1 fully saturated rings. The van der Waals surface area contributed by atoms with Gasteiger partial charge in [0.1, 0.15) is 5.41 Å². The average Bonchev–Trinajstić information content (AvgIpc) is 2.85. The molecule has 3 heteroatoms. The zero-order chi connectivity index (χ0) is 14.0. The van der Waals surface area contributed by atoms with Crippen molar-refractivity contribution < 1.29 is 14.3 Å².